The lowest BCUT2D eigenvalue weighted by Gasteiger charge is -1.89. The normalized spacial score (nSPS) is 9.43. The highest BCUT2D eigenvalue weighted by atomic mass is 16.2. The molecule has 0 unspecified atom stereocenters. The summed E-state index contributed by atoms with van der Waals surface area (Å²) in [6.45, 7) is 4.87. The van der Waals surface area contributed by atoms with E-state index in [4.69, 9.17) is 5.11 Å². The van der Waals surface area contributed by atoms with E-state index in [1.165, 1.54) is 6.61 Å². The van der Waals surface area contributed by atoms with Crippen molar-refractivity contribution < 1.29 is 5.11 Å². The largest absolute Gasteiger partial charge is 0.390 e. The minimum Gasteiger partial charge on any atom is -0.390 e. The molecule has 1 nitrogen and oxygen atoms in total. The Labute approximate surface area is 45.4 Å². The Morgan fingerprint density at radius 3 is 2.57 bits per heavy atom. The molecule has 0 aromatic heterocycles. The van der Waals surface area contributed by atoms with Gasteiger partial charge in [0.2, 0.25) is 0 Å². The van der Waals surface area contributed by atoms with Gasteiger partial charge in [0, 0.05) is 0 Å². The molecule has 0 aliphatic heterocycles. The van der Waals surface area contributed by atoms with Crippen molar-refractivity contribution in [1.82, 2.24) is 0 Å². The van der Waals surface area contributed by atoms with Crippen molar-refractivity contribution in [2.75, 3.05) is 0 Å². The third-order valence-corrected chi connectivity index (χ3v) is 0.833. The van der Waals surface area contributed by atoms with Crippen LogP contribution in [-0.2, 0) is 0 Å². The maximum atomic E-state index is 8.15. The van der Waals surface area contributed by atoms with Crippen LogP contribution in [0.5, 0.6) is 0 Å². The predicted molar refractivity (Wildman–Crippen MR) is 30.1 cm³/mol. The molecule has 0 aromatic carbocycles. The summed E-state index contributed by atoms with van der Waals surface area (Å²) in [7, 11) is 0. The first kappa shape index (κ1) is 6.96. The van der Waals surface area contributed by atoms with Gasteiger partial charge in [-0.3, -0.25) is 0 Å². The summed E-state index contributed by atoms with van der Waals surface area (Å²) in [5.41, 5.74) is 0. The molecular formula is C6H12O. The summed E-state index contributed by atoms with van der Waals surface area (Å²) in [5.74, 6) is 0. The van der Waals surface area contributed by atoms with Crippen LogP contribution in [0.3, 0.4) is 0 Å². The van der Waals surface area contributed by atoms with Crippen LogP contribution < -0.4 is 0 Å². The average molecular weight is 100 g/mol. The van der Waals surface area contributed by atoms with Crippen molar-refractivity contribution in [2.24, 2.45) is 0 Å². The molecule has 0 fully saturated rings. The predicted octanol–water partition coefficient (Wildman–Crippen LogP) is 1.92. The second-order valence-electron chi connectivity index (χ2n) is 1.53. The van der Waals surface area contributed by atoms with Crippen molar-refractivity contribution in [1.29, 1.82) is 0 Å². The van der Waals surface area contributed by atoms with Gasteiger partial charge in [0.05, 0.1) is 6.61 Å². The van der Waals surface area contributed by atoms with Crippen molar-refractivity contribution in [3.8, 4) is 0 Å². The maximum Gasteiger partial charge on any atom is 0.0799 e. The average Bonchev–Trinajstić information content (AvgIpc) is 1.69. The Hall–Kier alpha value is -0.0400. The van der Waals surface area contributed by atoms with Crippen LogP contribution in [0, 0.1) is 13.5 Å². The van der Waals surface area contributed by atoms with Crippen LogP contribution in [0.25, 0.3) is 0 Å². The lowest BCUT2D eigenvalue weighted by atomic mass is 10.2. The third kappa shape index (κ3) is 5.96. The molecule has 0 aromatic rings. The van der Waals surface area contributed by atoms with E-state index in [2.05, 4.69) is 6.92 Å². The minimum atomic E-state index is 0.815. The fraction of sp³-hybridized carbons (Fsp3) is 0.667. The first-order valence-corrected chi connectivity index (χ1v) is 2.67. The molecule has 0 bridgehead atoms. The third-order valence-electron chi connectivity index (χ3n) is 0.833. The molecule has 0 aliphatic rings. The van der Waals surface area contributed by atoms with Crippen LogP contribution in [0.1, 0.15) is 25.7 Å². The highest BCUT2D eigenvalue weighted by molar-refractivity contribution is 4.48. The Balaban J connectivity index is 2.45. The summed E-state index contributed by atoms with van der Waals surface area (Å²) in [6.07, 6.45) is 3.99. The Morgan fingerprint density at radius 1 is 1.43 bits per heavy atom. The molecule has 42 valence electrons. The fourth-order valence-corrected chi connectivity index (χ4v) is 0.412. The van der Waals surface area contributed by atoms with Gasteiger partial charge in [-0.2, -0.15) is 0 Å². The van der Waals surface area contributed by atoms with Crippen molar-refractivity contribution >= 4 is 0 Å². The summed E-state index contributed by atoms with van der Waals surface area (Å²) >= 11 is 0. The number of aliphatic hydroxyl groups excluding tert-OH is 1. The SMILES string of the molecule is [CH2]CCCC[CH]O. The monoisotopic (exact) mass is 100 g/mol. The van der Waals surface area contributed by atoms with Crippen LogP contribution in [0.15, 0.2) is 0 Å². The number of aliphatic hydroxyl groups is 1. The molecule has 0 spiro atoms. The van der Waals surface area contributed by atoms with Gasteiger partial charge in [0.25, 0.3) is 0 Å². The molecule has 0 aliphatic carbocycles. The molecule has 1 heteroatoms. The van der Waals surface area contributed by atoms with Crippen LogP contribution in [0.2, 0.25) is 0 Å². The van der Waals surface area contributed by atoms with Crippen molar-refractivity contribution in [2.45, 2.75) is 25.7 Å². The number of rotatable bonds is 4. The van der Waals surface area contributed by atoms with Gasteiger partial charge >= 0.3 is 0 Å². The topological polar surface area (TPSA) is 20.2 Å². The molecule has 0 saturated carbocycles. The van der Waals surface area contributed by atoms with E-state index in [1.54, 1.807) is 0 Å². The molecule has 0 amide bonds. The molecular weight excluding hydrogens is 88.1 g/mol. The number of hydrogen-bond acceptors (Lipinski definition) is 1. The van der Waals surface area contributed by atoms with Gasteiger partial charge in [-0.25, -0.2) is 0 Å². The van der Waals surface area contributed by atoms with Gasteiger partial charge in [-0.1, -0.05) is 26.2 Å². The Kier molecular flexibility index (Phi) is 5.93. The fourth-order valence-electron chi connectivity index (χ4n) is 0.412. The van der Waals surface area contributed by atoms with E-state index in [1.807, 2.05) is 0 Å². The van der Waals surface area contributed by atoms with Crippen molar-refractivity contribution in [3.05, 3.63) is 13.5 Å². The summed E-state index contributed by atoms with van der Waals surface area (Å²) in [4.78, 5) is 0. The van der Waals surface area contributed by atoms with Gasteiger partial charge in [0.1, 0.15) is 0 Å². The summed E-state index contributed by atoms with van der Waals surface area (Å²) < 4.78 is 0. The first-order valence-electron chi connectivity index (χ1n) is 2.67. The van der Waals surface area contributed by atoms with E-state index >= 15 is 0 Å². The van der Waals surface area contributed by atoms with Crippen LogP contribution in [-0.4, -0.2) is 5.11 Å². The smallest absolute Gasteiger partial charge is 0.0799 e. The molecule has 1 N–H and O–H groups in total. The van der Waals surface area contributed by atoms with E-state index in [9.17, 15) is 0 Å². The van der Waals surface area contributed by atoms with Crippen LogP contribution >= 0.6 is 0 Å². The zero-order valence-corrected chi connectivity index (χ0v) is 4.56. The van der Waals surface area contributed by atoms with Gasteiger partial charge in [0.15, 0.2) is 0 Å². The van der Waals surface area contributed by atoms with Gasteiger partial charge in [-0.15, -0.1) is 0 Å². The van der Waals surface area contributed by atoms with Crippen molar-refractivity contribution in [3.63, 3.8) is 0 Å². The molecule has 2 radical (unpaired) electrons. The number of hydrogen-bond donors (Lipinski definition) is 1. The molecule has 7 heavy (non-hydrogen) atoms. The zero-order valence-electron chi connectivity index (χ0n) is 4.56. The Bertz CT molecular complexity index is 23.4. The second kappa shape index (κ2) is 5.96. The van der Waals surface area contributed by atoms with E-state index < -0.39 is 0 Å². The standard InChI is InChI=1S/C6H12O/c1-2-3-4-5-6-7/h6-7H,1-5H2. The zero-order chi connectivity index (χ0) is 5.54. The van der Waals surface area contributed by atoms with E-state index in [0.717, 1.165) is 25.7 Å². The lowest BCUT2D eigenvalue weighted by molar-refractivity contribution is 0.368. The minimum absolute atomic E-state index is 0.815. The highest BCUT2D eigenvalue weighted by Crippen LogP contribution is 1.97. The van der Waals surface area contributed by atoms with Gasteiger partial charge in [-0.05, 0) is 6.42 Å². The highest BCUT2D eigenvalue weighted by Gasteiger charge is 1.81. The second-order valence-corrected chi connectivity index (χ2v) is 1.53. The van der Waals surface area contributed by atoms with E-state index in [-0.39, 0.29) is 0 Å². The molecule has 0 heterocycles. The Morgan fingerprint density at radius 2 is 2.14 bits per heavy atom. The molecule has 0 atom stereocenters. The lowest BCUT2D eigenvalue weighted by Crippen LogP contribution is -1.74. The number of unbranched alkanes of at least 4 members (excludes halogenated alkanes) is 3. The van der Waals surface area contributed by atoms with Crippen LogP contribution in [0.4, 0.5) is 0 Å². The quantitative estimate of drug-likeness (QED) is 0.535. The van der Waals surface area contributed by atoms with Gasteiger partial charge < -0.3 is 5.11 Å². The first-order chi connectivity index (χ1) is 3.41. The molecule has 0 rings (SSSR count). The summed E-state index contributed by atoms with van der Waals surface area (Å²) in [6, 6.07) is 0. The van der Waals surface area contributed by atoms with E-state index in [0.29, 0.717) is 0 Å². The summed E-state index contributed by atoms with van der Waals surface area (Å²) in [5, 5.41) is 8.15. The maximum absolute atomic E-state index is 8.15. The molecule has 0 saturated heterocycles.